The van der Waals surface area contributed by atoms with Gasteiger partial charge < -0.3 is 44.0 Å². The van der Waals surface area contributed by atoms with Gasteiger partial charge in [-0.1, -0.05) is 44.2 Å². The maximum Gasteiger partial charge on any atom is 0.326 e. The molecule has 0 heterocycles. The zero-order valence-electron chi connectivity index (χ0n) is 22.3. The molecule has 39 heavy (non-hydrogen) atoms. The van der Waals surface area contributed by atoms with Crippen molar-refractivity contribution in [3.05, 3.63) is 35.9 Å². The number of carboxylic acids is 1. The van der Waals surface area contributed by atoms with Gasteiger partial charge in [0.05, 0.1) is 12.5 Å². The van der Waals surface area contributed by atoms with Crippen LogP contribution in [0.1, 0.15) is 45.1 Å². The van der Waals surface area contributed by atoms with Gasteiger partial charge in [-0.3, -0.25) is 24.2 Å². The molecule has 0 fully saturated rings. The highest BCUT2D eigenvalue weighted by atomic mass is 16.4. The first kappa shape index (κ1) is 32.8. The second-order valence-corrected chi connectivity index (χ2v) is 9.57. The van der Waals surface area contributed by atoms with Crippen LogP contribution in [0.3, 0.4) is 0 Å². The molecule has 0 bridgehead atoms. The monoisotopic (exact) mass is 548 g/mol. The SMILES string of the molecule is CC(C)CC(NC(=O)C(CCCN=C(N)N)NC(=O)C(N)Cc1ccccc1)C(=O)NC(CC(N)=O)C(=O)O. The third-order valence-corrected chi connectivity index (χ3v) is 5.57. The molecule has 12 N–H and O–H groups in total. The molecule has 14 nitrogen and oxygen atoms in total. The van der Waals surface area contributed by atoms with E-state index in [1.165, 1.54) is 0 Å². The van der Waals surface area contributed by atoms with E-state index in [4.69, 9.17) is 22.9 Å². The molecule has 0 aliphatic heterocycles. The highest BCUT2D eigenvalue weighted by Gasteiger charge is 2.31. The van der Waals surface area contributed by atoms with Gasteiger partial charge in [-0.2, -0.15) is 0 Å². The first-order valence-electron chi connectivity index (χ1n) is 12.6. The van der Waals surface area contributed by atoms with Crippen molar-refractivity contribution in [1.82, 2.24) is 16.0 Å². The van der Waals surface area contributed by atoms with Crippen molar-refractivity contribution in [2.45, 2.75) is 70.1 Å². The Labute approximate surface area is 227 Å². The van der Waals surface area contributed by atoms with Crippen LogP contribution in [0.25, 0.3) is 0 Å². The van der Waals surface area contributed by atoms with Crippen LogP contribution in [0, 0.1) is 5.92 Å². The van der Waals surface area contributed by atoms with Gasteiger partial charge in [-0.05, 0) is 37.2 Å². The third kappa shape index (κ3) is 13.2. The molecule has 0 saturated carbocycles. The van der Waals surface area contributed by atoms with Gasteiger partial charge in [0.25, 0.3) is 0 Å². The Balaban J connectivity index is 3.04. The van der Waals surface area contributed by atoms with Crippen LogP contribution >= 0.6 is 0 Å². The lowest BCUT2D eigenvalue weighted by atomic mass is 10.0. The smallest absolute Gasteiger partial charge is 0.326 e. The van der Waals surface area contributed by atoms with E-state index in [0.29, 0.717) is 6.42 Å². The molecule has 4 atom stereocenters. The fraction of sp³-hybridized carbons (Fsp3) is 0.520. The Morgan fingerprint density at radius 1 is 0.872 bits per heavy atom. The summed E-state index contributed by atoms with van der Waals surface area (Å²) in [5.74, 6) is -4.62. The molecule has 0 aromatic heterocycles. The fourth-order valence-corrected chi connectivity index (χ4v) is 3.66. The second kappa shape index (κ2) is 16.6. The summed E-state index contributed by atoms with van der Waals surface area (Å²) >= 11 is 0. The molecular weight excluding hydrogens is 508 g/mol. The Morgan fingerprint density at radius 3 is 1.97 bits per heavy atom. The number of carboxylic acid groups (broad SMARTS) is 1. The minimum absolute atomic E-state index is 0.0744. The average molecular weight is 549 g/mol. The van der Waals surface area contributed by atoms with Crippen molar-refractivity contribution < 1.29 is 29.1 Å². The molecule has 1 rings (SSSR count). The van der Waals surface area contributed by atoms with Gasteiger partial charge in [0, 0.05) is 6.54 Å². The Kier molecular flexibility index (Phi) is 14.0. The lowest BCUT2D eigenvalue weighted by Gasteiger charge is -2.26. The average Bonchev–Trinajstić information content (AvgIpc) is 2.84. The van der Waals surface area contributed by atoms with Crippen molar-refractivity contribution in [2.24, 2.45) is 33.8 Å². The van der Waals surface area contributed by atoms with Crippen LogP contribution in [-0.2, 0) is 30.4 Å². The summed E-state index contributed by atoms with van der Waals surface area (Å²) in [6, 6.07) is 4.37. The lowest BCUT2D eigenvalue weighted by molar-refractivity contribution is -0.144. The number of amides is 4. The summed E-state index contributed by atoms with van der Waals surface area (Å²) in [6.07, 6.45) is 0.228. The first-order chi connectivity index (χ1) is 18.3. The van der Waals surface area contributed by atoms with Crippen molar-refractivity contribution >= 4 is 35.6 Å². The van der Waals surface area contributed by atoms with Crippen LogP contribution in [0.4, 0.5) is 0 Å². The Bertz CT molecular complexity index is 1010. The van der Waals surface area contributed by atoms with Crippen molar-refractivity contribution in [1.29, 1.82) is 0 Å². The summed E-state index contributed by atoms with van der Waals surface area (Å²) in [7, 11) is 0. The summed E-state index contributed by atoms with van der Waals surface area (Å²) in [5.41, 5.74) is 22.7. The number of carbonyl (C=O) groups is 5. The number of benzene rings is 1. The predicted octanol–water partition coefficient (Wildman–Crippen LogP) is -1.93. The standard InChI is InChI=1S/C25H40N8O6/c1-14(2)11-18(23(37)33-19(24(38)39)13-20(27)34)32-22(36)17(9-6-10-30-25(28)29)31-21(35)16(26)12-15-7-4-3-5-8-15/h3-5,7-8,14,16-19H,6,9-13,26H2,1-2H3,(H2,27,34)(H,31,35)(H,32,36)(H,33,37)(H,38,39)(H4,28,29,30). The maximum atomic E-state index is 13.3. The van der Waals surface area contributed by atoms with Gasteiger partial charge in [-0.15, -0.1) is 0 Å². The predicted molar refractivity (Wildman–Crippen MR) is 145 cm³/mol. The summed E-state index contributed by atoms with van der Waals surface area (Å²) in [5, 5.41) is 16.8. The van der Waals surface area contributed by atoms with E-state index in [1.807, 2.05) is 44.2 Å². The minimum atomic E-state index is -1.56. The maximum absolute atomic E-state index is 13.3. The molecule has 216 valence electrons. The number of aliphatic carboxylic acids is 1. The normalized spacial score (nSPS) is 13.8. The zero-order chi connectivity index (χ0) is 29.5. The minimum Gasteiger partial charge on any atom is -0.480 e. The molecule has 0 aliphatic rings. The molecule has 0 spiro atoms. The topological polar surface area (TPSA) is 258 Å². The summed E-state index contributed by atoms with van der Waals surface area (Å²) in [4.78, 5) is 65.6. The summed E-state index contributed by atoms with van der Waals surface area (Å²) in [6.45, 7) is 3.81. The van der Waals surface area contributed by atoms with Crippen LogP contribution < -0.4 is 38.9 Å². The van der Waals surface area contributed by atoms with Gasteiger partial charge >= 0.3 is 5.97 Å². The van der Waals surface area contributed by atoms with Crippen LogP contribution in [-0.4, -0.2) is 71.4 Å². The molecule has 0 radical (unpaired) electrons. The number of carbonyl (C=O) groups excluding carboxylic acids is 4. The highest BCUT2D eigenvalue weighted by molar-refractivity contribution is 5.95. The first-order valence-corrected chi connectivity index (χ1v) is 12.6. The van der Waals surface area contributed by atoms with E-state index in [1.54, 1.807) is 0 Å². The quantitative estimate of drug-likeness (QED) is 0.0611. The van der Waals surface area contributed by atoms with Crippen LogP contribution in [0.5, 0.6) is 0 Å². The van der Waals surface area contributed by atoms with Gasteiger partial charge in [-0.25, -0.2) is 4.79 Å². The van der Waals surface area contributed by atoms with Crippen LogP contribution in [0.15, 0.2) is 35.3 Å². The molecule has 4 amide bonds. The van der Waals surface area contributed by atoms with E-state index in [9.17, 15) is 29.1 Å². The number of nitrogens with two attached hydrogens (primary N) is 4. The van der Waals surface area contributed by atoms with E-state index in [0.717, 1.165) is 5.56 Å². The van der Waals surface area contributed by atoms with Crippen LogP contribution in [0.2, 0.25) is 0 Å². The number of guanidine groups is 1. The Hall–Kier alpha value is -4.20. The summed E-state index contributed by atoms with van der Waals surface area (Å²) < 4.78 is 0. The van der Waals surface area contributed by atoms with E-state index in [-0.39, 0.29) is 37.7 Å². The van der Waals surface area contributed by atoms with Crippen molar-refractivity contribution in [3.63, 3.8) is 0 Å². The number of hydrogen-bond acceptors (Lipinski definition) is 7. The molecule has 14 heteroatoms. The highest BCUT2D eigenvalue weighted by Crippen LogP contribution is 2.09. The molecule has 0 aliphatic carbocycles. The molecule has 4 unspecified atom stereocenters. The molecule has 1 aromatic rings. The number of aliphatic imine (C=N–C) groups is 1. The van der Waals surface area contributed by atoms with Crippen molar-refractivity contribution in [3.8, 4) is 0 Å². The molecule has 1 aromatic carbocycles. The lowest BCUT2D eigenvalue weighted by Crippen LogP contribution is -2.57. The zero-order valence-corrected chi connectivity index (χ0v) is 22.3. The number of hydrogen-bond donors (Lipinski definition) is 8. The third-order valence-electron chi connectivity index (χ3n) is 5.57. The van der Waals surface area contributed by atoms with Gasteiger partial charge in [0.2, 0.25) is 23.6 Å². The molecular formula is C25H40N8O6. The number of primary amides is 1. The number of nitrogens with one attached hydrogen (secondary N) is 3. The largest absolute Gasteiger partial charge is 0.480 e. The van der Waals surface area contributed by atoms with Gasteiger partial charge in [0.1, 0.15) is 18.1 Å². The second-order valence-electron chi connectivity index (χ2n) is 9.57. The van der Waals surface area contributed by atoms with E-state index >= 15 is 0 Å². The van der Waals surface area contributed by atoms with E-state index in [2.05, 4.69) is 20.9 Å². The number of rotatable bonds is 17. The number of nitrogens with zero attached hydrogens (tertiary/aromatic N) is 1. The molecule has 0 saturated heterocycles. The van der Waals surface area contributed by atoms with Gasteiger partial charge in [0.15, 0.2) is 5.96 Å². The Morgan fingerprint density at radius 2 is 1.44 bits per heavy atom. The van der Waals surface area contributed by atoms with Crippen molar-refractivity contribution in [2.75, 3.05) is 6.54 Å². The fourth-order valence-electron chi connectivity index (χ4n) is 3.66. The van der Waals surface area contributed by atoms with E-state index < -0.39 is 60.2 Å².